The summed E-state index contributed by atoms with van der Waals surface area (Å²) in [5.74, 6) is 1.82. The molecule has 17 heteroatoms. The van der Waals surface area contributed by atoms with Crippen LogP contribution in [-0.4, -0.2) is 137 Å². The Kier molecular flexibility index (Phi) is 16.2. The third kappa shape index (κ3) is 11.7. The van der Waals surface area contributed by atoms with Crippen LogP contribution in [0, 0.1) is 25.7 Å². The van der Waals surface area contributed by atoms with Gasteiger partial charge in [-0.2, -0.15) is 10.2 Å². The van der Waals surface area contributed by atoms with E-state index in [-0.39, 0.29) is 29.7 Å². The molecule has 70 heavy (non-hydrogen) atoms. The molecule has 2 N–H and O–H groups in total. The number of hydrogen-bond acceptors (Lipinski definition) is 12. The van der Waals surface area contributed by atoms with Crippen molar-refractivity contribution >= 4 is 51.7 Å². The fourth-order valence-corrected chi connectivity index (χ4v) is 9.01. The van der Waals surface area contributed by atoms with Crippen LogP contribution < -0.4 is 20.4 Å². The minimum absolute atomic E-state index is 0.0194. The molecule has 368 valence electrons. The van der Waals surface area contributed by atoms with Gasteiger partial charge in [0.1, 0.15) is 23.7 Å². The van der Waals surface area contributed by atoms with Crippen molar-refractivity contribution in [1.82, 2.24) is 49.6 Å². The van der Waals surface area contributed by atoms with E-state index in [4.69, 9.17) is 9.47 Å². The number of rotatable bonds is 13. The van der Waals surface area contributed by atoms with Crippen LogP contribution in [0.25, 0.3) is 22.2 Å². The number of amides is 3. The molecule has 4 aliphatic heterocycles. The molecule has 4 aromatic heterocycles. The lowest BCUT2D eigenvalue weighted by atomic mass is 9.98. The van der Waals surface area contributed by atoms with Gasteiger partial charge in [-0.25, -0.2) is 23.8 Å². The van der Waals surface area contributed by atoms with Crippen molar-refractivity contribution in [3.63, 3.8) is 0 Å². The van der Waals surface area contributed by atoms with Gasteiger partial charge >= 0.3 is 6.09 Å². The molecule has 0 bridgehead atoms. The van der Waals surface area contributed by atoms with Crippen molar-refractivity contribution in [2.24, 2.45) is 11.8 Å². The predicted octanol–water partition coefficient (Wildman–Crippen LogP) is 6.20. The number of fused-ring (bicyclic) bond motifs is 2. The topological polar surface area (TPSA) is 167 Å². The SMILES string of the molecule is CC.COC(=O)N1CC=C(c2cc3c(N4CC(C(=O)NCc5ccc(C)cc5)C4)ncnn3c2)CC1.COCCN1CC=C(c2cc3c(N4CC(C(=O)NCc5ccc(C)cc5)C4)ncnn3c2)CC1. The summed E-state index contributed by atoms with van der Waals surface area (Å²) in [5, 5.41) is 14.9. The summed E-state index contributed by atoms with van der Waals surface area (Å²) in [4.78, 5) is 54.3. The number of carbonyl (C=O) groups is 3. The van der Waals surface area contributed by atoms with Gasteiger partial charge in [-0.3, -0.25) is 14.5 Å². The number of nitrogens with zero attached hydrogens (tertiary/aromatic N) is 10. The molecule has 2 saturated heterocycles. The Morgan fingerprint density at radius 2 is 1.13 bits per heavy atom. The Labute approximate surface area is 410 Å². The highest BCUT2D eigenvalue weighted by Gasteiger charge is 2.36. The fraction of sp³-hybridized carbons (Fsp3) is 0.415. The number of methoxy groups -OCH3 is 2. The molecule has 4 aliphatic rings. The van der Waals surface area contributed by atoms with Crippen LogP contribution in [0.2, 0.25) is 0 Å². The Hall–Kier alpha value is -7.11. The molecule has 2 aromatic carbocycles. The lowest BCUT2D eigenvalue weighted by Crippen LogP contribution is -2.54. The minimum Gasteiger partial charge on any atom is -0.453 e. The maximum Gasteiger partial charge on any atom is 0.409 e. The summed E-state index contributed by atoms with van der Waals surface area (Å²) >= 11 is 0. The normalized spacial score (nSPS) is 16.2. The highest BCUT2D eigenvalue weighted by atomic mass is 16.5. The van der Waals surface area contributed by atoms with Gasteiger partial charge < -0.3 is 34.8 Å². The fourth-order valence-electron chi connectivity index (χ4n) is 9.01. The number of aryl methyl sites for hydroxylation is 2. The van der Waals surface area contributed by atoms with E-state index in [0.29, 0.717) is 52.4 Å². The zero-order valence-corrected chi connectivity index (χ0v) is 41.3. The molecular weight excluding hydrogens is 885 g/mol. The van der Waals surface area contributed by atoms with E-state index < -0.39 is 0 Å². The Morgan fingerprint density at radius 3 is 1.54 bits per heavy atom. The summed E-state index contributed by atoms with van der Waals surface area (Å²) in [6.07, 6.45) is 13.0. The number of aromatic nitrogens is 6. The van der Waals surface area contributed by atoms with E-state index in [1.54, 1.807) is 24.7 Å². The standard InChI is InChI=1S/C26H32N6O2.C25H28N6O3.C2H6/c1-19-3-5-20(6-4-19)14-27-26(33)23-15-31(16-23)25-24-13-22(17-32(24)29-18-28-25)21-7-9-30(10-8-21)11-12-34-2;1-17-3-5-18(6-4-17)12-26-24(32)21-13-30(14-21)23-22-11-20(15-31(22)28-16-27-23)19-7-9-29(10-8-19)25(33)34-2;1-2/h3-7,13,17-18,23H,8-12,14-16H2,1-2H3,(H,27,33);3-7,11,15-16,21H,8-10,12-14H2,1-2H3,(H,26,32);1-2H3. The molecule has 0 saturated carbocycles. The van der Waals surface area contributed by atoms with Gasteiger partial charge in [-0.1, -0.05) is 85.7 Å². The maximum atomic E-state index is 12.6. The molecule has 10 rings (SSSR count). The van der Waals surface area contributed by atoms with E-state index in [1.807, 2.05) is 48.1 Å². The lowest BCUT2D eigenvalue weighted by Gasteiger charge is -2.39. The number of ether oxygens (including phenoxy) is 2. The van der Waals surface area contributed by atoms with Crippen LogP contribution in [0.1, 0.15) is 60.1 Å². The molecule has 0 unspecified atom stereocenters. The van der Waals surface area contributed by atoms with Crippen LogP contribution in [0.5, 0.6) is 0 Å². The quantitative estimate of drug-likeness (QED) is 0.135. The number of benzene rings is 2. The van der Waals surface area contributed by atoms with Crippen molar-refractivity contribution in [2.45, 2.75) is 53.6 Å². The first-order chi connectivity index (χ1) is 34.1. The molecule has 8 heterocycles. The molecular formula is C53H66N12O5. The molecule has 0 aliphatic carbocycles. The average Bonchev–Trinajstić information content (AvgIpc) is 4.02. The molecule has 0 atom stereocenters. The monoisotopic (exact) mass is 951 g/mol. The molecule has 0 spiro atoms. The van der Waals surface area contributed by atoms with Crippen molar-refractivity contribution in [2.75, 3.05) is 89.5 Å². The van der Waals surface area contributed by atoms with Crippen molar-refractivity contribution in [1.29, 1.82) is 0 Å². The zero-order chi connectivity index (χ0) is 49.1. The Balaban J connectivity index is 0.000000182. The molecule has 6 aromatic rings. The second kappa shape index (κ2) is 23.0. The minimum atomic E-state index is -0.305. The van der Waals surface area contributed by atoms with Crippen LogP contribution >= 0.6 is 0 Å². The summed E-state index contributed by atoms with van der Waals surface area (Å²) in [7, 11) is 3.14. The van der Waals surface area contributed by atoms with Gasteiger partial charge in [0.15, 0.2) is 11.6 Å². The Bertz CT molecular complexity index is 2810. The first-order valence-corrected chi connectivity index (χ1v) is 24.4. The number of hydrogen-bond donors (Lipinski definition) is 2. The third-order valence-corrected chi connectivity index (χ3v) is 13.3. The van der Waals surface area contributed by atoms with E-state index in [1.165, 1.54) is 34.9 Å². The Morgan fingerprint density at radius 1 is 0.657 bits per heavy atom. The lowest BCUT2D eigenvalue weighted by molar-refractivity contribution is -0.126. The molecule has 17 nitrogen and oxygen atoms in total. The van der Waals surface area contributed by atoms with Gasteiger partial charge in [0.2, 0.25) is 11.8 Å². The van der Waals surface area contributed by atoms with Crippen molar-refractivity contribution < 1.29 is 23.9 Å². The van der Waals surface area contributed by atoms with Gasteiger partial charge in [0, 0.05) is 91.5 Å². The number of nitrogens with one attached hydrogen (secondary N) is 2. The first-order valence-electron chi connectivity index (χ1n) is 24.4. The van der Waals surface area contributed by atoms with Gasteiger partial charge in [-0.05, 0) is 72.2 Å². The van der Waals surface area contributed by atoms with Gasteiger partial charge in [0.25, 0.3) is 0 Å². The molecule has 0 radical (unpaired) electrons. The van der Waals surface area contributed by atoms with E-state index in [0.717, 1.165) is 78.4 Å². The van der Waals surface area contributed by atoms with Gasteiger partial charge in [-0.15, -0.1) is 0 Å². The maximum absolute atomic E-state index is 12.6. The van der Waals surface area contributed by atoms with E-state index in [9.17, 15) is 14.4 Å². The zero-order valence-electron chi connectivity index (χ0n) is 41.3. The smallest absolute Gasteiger partial charge is 0.409 e. The summed E-state index contributed by atoms with van der Waals surface area (Å²) in [6, 6.07) is 20.7. The first kappa shape index (κ1) is 49.3. The second-order valence-electron chi connectivity index (χ2n) is 18.1. The third-order valence-electron chi connectivity index (χ3n) is 13.3. The van der Waals surface area contributed by atoms with E-state index in [2.05, 4.69) is 119 Å². The summed E-state index contributed by atoms with van der Waals surface area (Å²) in [6.45, 7) is 16.7. The number of carbonyl (C=O) groups excluding carboxylic acids is 3. The second-order valence-corrected chi connectivity index (χ2v) is 18.1. The van der Waals surface area contributed by atoms with Crippen molar-refractivity contribution in [3.8, 4) is 0 Å². The average molecular weight is 951 g/mol. The van der Waals surface area contributed by atoms with Gasteiger partial charge in [0.05, 0.1) is 25.6 Å². The molecule has 2 fully saturated rings. The highest BCUT2D eigenvalue weighted by molar-refractivity contribution is 5.85. The predicted molar refractivity (Wildman–Crippen MR) is 272 cm³/mol. The summed E-state index contributed by atoms with van der Waals surface area (Å²) in [5.41, 5.74) is 11.3. The van der Waals surface area contributed by atoms with E-state index >= 15 is 0 Å². The number of anilines is 2. The van der Waals surface area contributed by atoms with Crippen LogP contribution in [0.3, 0.4) is 0 Å². The van der Waals surface area contributed by atoms with Crippen LogP contribution in [0.4, 0.5) is 16.4 Å². The van der Waals surface area contributed by atoms with Crippen LogP contribution in [0.15, 0.2) is 97.9 Å². The highest BCUT2D eigenvalue weighted by Crippen LogP contribution is 2.33. The molecule has 3 amide bonds. The largest absolute Gasteiger partial charge is 0.453 e. The van der Waals surface area contributed by atoms with Crippen LogP contribution in [-0.2, 0) is 32.2 Å². The van der Waals surface area contributed by atoms with Crippen molar-refractivity contribution in [3.05, 3.63) is 131 Å². The summed E-state index contributed by atoms with van der Waals surface area (Å²) < 4.78 is 13.7.